The fraction of sp³-hybridized carbons (Fsp3) is 0.706. The highest BCUT2D eigenvalue weighted by Gasteiger charge is 2.30. The van der Waals surface area contributed by atoms with Crippen molar-refractivity contribution >= 4 is 5.91 Å². The van der Waals surface area contributed by atoms with Gasteiger partial charge in [-0.05, 0) is 32.2 Å². The third kappa shape index (κ3) is 2.62. The van der Waals surface area contributed by atoms with E-state index in [1.807, 2.05) is 11.1 Å². The normalized spacial score (nSPS) is 25.5. The quantitative estimate of drug-likeness (QED) is 0.907. The lowest BCUT2D eigenvalue weighted by molar-refractivity contribution is -0.136. The third-order valence-electron chi connectivity index (χ3n) is 5.34. The van der Waals surface area contributed by atoms with E-state index in [0.717, 1.165) is 55.9 Å². The number of hydrogen-bond donors (Lipinski definition) is 1. The molecule has 0 spiro atoms. The Morgan fingerprint density at radius 3 is 2.86 bits per heavy atom. The predicted octanol–water partition coefficient (Wildman–Crippen LogP) is 1.98. The van der Waals surface area contributed by atoms with Crippen LogP contribution in [0, 0.1) is 5.92 Å². The van der Waals surface area contributed by atoms with E-state index in [-0.39, 0.29) is 5.92 Å². The topological polar surface area (TPSA) is 58.1 Å². The van der Waals surface area contributed by atoms with Crippen LogP contribution in [0.3, 0.4) is 0 Å². The Labute approximate surface area is 131 Å². The van der Waals surface area contributed by atoms with E-state index in [0.29, 0.717) is 18.5 Å². The molecule has 1 N–H and O–H groups in total. The van der Waals surface area contributed by atoms with Crippen LogP contribution in [-0.4, -0.2) is 33.9 Å². The van der Waals surface area contributed by atoms with Crippen molar-refractivity contribution in [3.8, 4) is 0 Å². The van der Waals surface area contributed by atoms with Crippen LogP contribution in [0.2, 0.25) is 0 Å². The smallest absolute Gasteiger partial charge is 0.225 e. The highest BCUT2D eigenvalue weighted by Crippen LogP contribution is 2.29. The largest absolute Gasteiger partial charge is 0.338 e. The molecule has 1 aliphatic carbocycles. The van der Waals surface area contributed by atoms with Crippen LogP contribution in [0.15, 0.2) is 6.20 Å². The maximum Gasteiger partial charge on any atom is 0.225 e. The van der Waals surface area contributed by atoms with Crippen molar-refractivity contribution in [1.29, 1.82) is 0 Å². The van der Waals surface area contributed by atoms with Gasteiger partial charge < -0.3 is 10.2 Å². The van der Waals surface area contributed by atoms with E-state index in [1.165, 1.54) is 19.3 Å². The molecule has 1 saturated carbocycles. The standard InChI is InChI=1S/C17H24N4O/c22-17(12-4-1-2-5-12)21-9-7-14-13(11-21)10-19-16(20-14)15-6-3-8-18-15/h10,12,15,18H,1-9,11H2. The molecule has 3 aliphatic rings. The minimum atomic E-state index is 0.268. The Morgan fingerprint density at radius 2 is 2.09 bits per heavy atom. The predicted molar refractivity (Wildman–Crippen MR) is 83.1 cm³/mol. The van der Waals surface area contributed by atoms with Gasteiger partial charge >= 0.3 is 0 Å². The van der Waals surface area contributed by atoms with E-state index in [2.05, 4.69) is 10.3 Å². The fourth-order valence-corrected chi connectivity index (χ4v) is 4.02. The lowest BCUT2D eigenvalue weighted by atomic mass is 10.0. The summed E-state index contributed by atoms with van der Waals surface area (Å²) in [5, 5.41) is 3.45. The number of nitrogens with one attached hydrogen (secondary N) is 1. The molecule has 1 aromatic rings. The number of aromatic nitrogens is 2. The van der Waals surface area contributed by atoms with Crippen molar-refractivity contribution in [2.45, 2.75) is 57.5 Å². The monoisotopic (exact) mass is 300 g/mol. The van der Waals surface area contributed by atoms with Crippen LogP contribution in [0.5, 0.6) is 0 Å². The summed E-state index contributed by atoms with van der Waals surface area (Å²) in [6.07, 6.45) is 9.72. The molecule has 1 saturated heterocycles. The van der Waals surface area contributed by atoms with Gasteiger partial charge in [0.1, 0.15) is 5.82 Å². The van der Waals surface area contributed by atoms with Gasteiger partial charge in [-0.25, -0.2) is 9.97 Å². The van der Waals surface area contributed by atoms with Crippen LogP contribution in [0.1, 0.15) is 61.6 Å². The molecule has 1 unspecified atom stereocenters. The summed E-state index contributed by atoms with van der Waals surface area (Å²) in [5.41, 5.74) is 2.29. The lowest BCUT2D eigenvalue weighted by Crippen LogP contribution is -2.39. The molecule has 1 atom stereocenters. The SMILES string of the molecule is O=C(C1CCCC1)N1CCc2nc(C3CCCN3)ncc2C1. The van der Waals surface area contributed by atoms with Gasteiger partial charge in [0.2, 0.25) is 5.91 Å². The molecule has 3 heterocycles. The zero-order valence-corrected chi connectivity index (χ0v) is 13.1. The first-order chi connectivity index (χ1) is 10.8. The number of carbonyl (C=O) groups is 1. The first-order valence-corrected chi connectivity index (χ1v) is 8.68. The van der Waals surface area contributed by atoms with Crippen LogP contribution in [0.25, 0.3) is 0 Å². The van der Waals surface area contributed by atoms with Gasteiger partial charge in [-0.3, -0.25) is 4.79 Å². The van der Waals surface area contributed by atoms with E-state index in [1.54, 1.807) is 0 Å². The van der Waals surface area contributed by atoms with E-state index in [4.69, 9.17) is 4.98 Å². The molecule has 0 radical (unpaired) electrons. The van der Waals surface area contributed by atoms with Gasteiger partial charge in [-0.15, -0.1) is 0 Å². The van der Waals surface area contributed by atoms with Crippen molar-refractivity contribution in [1.82, 2.24) is 20.2 Å². The molecular weight excluding hydrogens is 276 g/mol. The van der Waals surface area contributed by atoms with E-state index >= 15 is 0 Å². The van der Waals surface area contributed by atoms with Crippen molar-refractivity contribution in [3.63, 3.8) is 0 Å². The molecule has 0 bridgehead atoms. The van der Waals surface area contributed by atoms with Crippen molar-refractivity contribution in [3.05, 3.63) is 23.3 Å². The molecule has 2 fully saturated rings. The van der Waals surface area contributed by atoms with Crippen molar-refractivity contribution in [2.24, 2.45) is 5.92 Å². The minimum Gasteiger partial charge on any atom is -0.338 e. The zero-order chi connectivity index (χ0) is 14.9. The second-order valence-corrected chi connectivity index (χ2v) is 6.84. The molecule has 118 valence electrons. The van der Waals surface area contributed by atoms with Crippen molar-refractivity contribution in [2.75, 3.05) is 13.1 Å². The second-order valence-electron chi connectivity index (χ2n) is 6.84. The van der Waals surface area contributed by atoms with Crippen molar-refractivity contribution < 1.29 is 4.79 Å². The lowest BCUT2D eigenvalue weighted by Gasteiger charge is -2.30. The minimum absolute atomic E-state index is 0.268. The first-order valence-electron chi connectivity index (χ1n) is 8.68. The summed E-state index contributed by atoms with van der Waals surface area (Å²) in [6.45, 7) is 2.58. The average Bonchev–Trinajstić information content (AvgIpc) is 3.26. The second kappa shape index (κ2) is 5.95. The molecule has 1 amide bonds. The highest BCUT2D eigenvalue weighted by atomic mass is 16.2. The van der Waals surface area contributed by atoms with Crippen LogP contribution >= 0.6 is 0 Å². The summed E-state index contributed by atoms with van der Waals surface area (Å²) < 4.78 is 0. The molecule has 1 aromatic heterocycles. The molecule has 5 nitrogen and oxygen atoms in total. The summed E-state index contributed by atoms with van der Waals surface area (Å²) >= 11 is 0. The molecular formula is C17H24N4O. The first kappa shape index (κ1) is 14.1. The summed E-state index contributed by atoms with van der Waals surface area (Å²) in [7, 11) is 0. The molecule has 5 heteroatoms. The van der Waals surface area contributed by atoms with E-state index in [9.17, 15) is 4.79 Å². The number of amides is 1. The van der Waals surface area contributed by atoms with Gasteiger partial charge in [0.05, 0.1) is 11.7 Å². The third-order valence-corrected chi connectivity index (χ3v) is 5.34. The van der Waals surface area contributed by atoms with Crippen LogP contribution in [-0.2, 0) is 17.8 Å². The van der Waals surface area contributed by atoms with Crippen LogP contribution in [0.4, 0.5) is 0 Å². The fourth-order valence-electron chi connectivity index (χ4n) is 4.02. The summed E-state index contributed by atoms with van der Waals surface area (Å²) in [4.78, 5) is 23.9. The van der Waals surface area contributed by atoms with Crippen LogP contribution < -0.4 is 5.32 Å². The maximum atomic E-state index is 12.6. The van der Waals surface area contributed by atoms with E-state index < -0.39 is 0 Å². The highest BCUT2D eigenvalue weighted by molar-refractivity contribution is 5.79. The summed E-state index contributed by atoms with van der Waals surface area (Å²) in [6, 6.07) is 0.323. The van der Waals surface area contributed by atoms with Gasteiger partial charge in [0.15, 0.2) is 0 Å². The number of fused-ring (bicyclic) bond motifs is 1. The molecule has 2 aliphatic heterocycles. The van der Waals surface area contributed by atoms with Gasteiger partial charge in [-0.1, -0.05) is 12.8 Å². The molecule has 4 rings (SSSR count). The number of carbonyl (C=O) groups excluding carboxylic acids is 1. The van der Waals surface area contributed by atoms with Gasteiger partial charge in [-0.2, -0.15) is 0 Å². The zero-order valence-electron chi connectivity index (χ0n) is 13.1. The van der Waals surface area contributed by atoms with Gasteiger partial charge in [0, 0.05) is 37.2 Å². The average molecular weight is 300 g/mol. The molecule has 22 heavy (non-hydrogen) atoms. The number of hydrogen-bond acceptors (Lipinski definition) is 4. The Balaban J connectivity index is 1.48. The Hall–Kier alpha value is -1.49. The number of rotatable bonds is 2. The Kier molecular flexibility index (Phi) is 3.82. The van der Waals surface area contributed by atoms with Gasteiger partial charge in [0.25, 0.3) is 0 Å². The molecule has 0 aromatic carbocycles. The Morgan fingerprint density at radius 1 is 1.23 bits per heavy atom. The summed E-state index contributed by atoms with van der Waals surface area (Å²) in [5.74, 6) is 1.56. The number of nitrogens with zero attached hydrogens (tertiary/aromatic N) is 3. The maximum absolute atomic E-state index is 12.6. The Bertz CT molecular complexity index is 562.